The minimum absolute atomic E-state index is 0.0630. The van der Waals surface area contributed by atoms with E-state index in [1.807, 2.05) is 18.2 Å². The molecule has 2 heterocycles. The van der Waals surface area contributed by atoms with Gasteiger partial charge in [-0.25, -0.2) is 17.8 Å². The number of aryl methyl sites for hydroxylation is 1. The smallest absolute Gasteiger partial charge is 0.243 e. The number of nitrogens with zero attached hydrogens (tertiary/aromatic N) is 2. The summed E-state index contributed by atoms with van der Waals surface area (Å²) in [5, 5.41) is 3.47. The lowest BCUT2D eigenvalue weighted by atomic mass is 9.97. The van der Waals surface area contributed by atoms with Gasteiger partial charge in [-0.2, -0.15) is 4.31 Å². The van der Waals surface area contributed by atoms with Crippen LogP contribution in [0.25, 0.3) is 10.2 Å². The Morgan fingerprint density at radius 2 is 1.90 bits per heavy atom. The maximum atomic E-state index is 13.1. The van der Waals surface area contributed by atoms with E-state index < -0.39 is 15.8 Å². The van der Waals surface area contributed by atoms with E-state index in [0.29, 0.717) is 18.0 Å². The van der Waals surface area contributed by atoms with Crippen LogP contribution >= 0.6 is 11.3 Å². The summed E-state index contributed by atoms with van der Waals surface area (Å²) in [7, 11) is -3.69. The molecule has 30 heavy (non-hydrogen) atoms. The molecule has 0 aliphatic carbocycles. The highest BCUT2D eigenvalue weighted by Gasteiger charge is 2.32. The SMILES string of the molecule is CCc1cccc2sc(NC(=O)C3CCN(S(=O)(=O)c4ccc(F)cc4)CC3)nc12. The summed E-state index contributed by atoms with van der Waals surface area (Å²) in [4.78, 5) is 17.3. The average Bonchev–Trinajstić information content (AvgIpc) is 3.16. The lowest BCUT2D eigenvalue weighted by Gasteiger charge is -2.30. The third-order valence-corrected chi connectivity index (χ3v) is 8.24. The van der Waals surface area contributed by atoms with E-state index in [1.165, 1.54) is 27.8 Å². The number of halogens is 1. The molecule has 1 aromatic heterocycles. The molecule has 0 radical (unpaired) electrons. The monoisotopic (exact) mass is 447 g/mol. The van der Waals surface area contributed by atoms with Crippen molar-refractivity contribution in [3.8, 4) is 0 Å². The van der Waals surface area contributed by atoms with Crippen LogP contribution < -0.4 is 5.32 Å². The zero-order valence-corrected chi connectivity index (χ0v) is 18.1. The Balaban J connectivity index is 1.40. The van der Waals surface area contributed by atoms with Crippen LogP contribution in [-0.2, 0) is 21.2 Å². The molecule has 3 aromatic rings. The quantitative estimate of drug-likeness (QED) is 0.640. The number of benzene rings is 2. The first-order valence-corrected chi connectivity index (χ1v) is 12.1. The van der Waals surface area contributed by atoms with Crippen molar-refractivity contribution in [2.75, 3.05) is 18.4 Å². The summed E-state index contributed by atoms with van der Waals surface area (Å²) in [5.41, 5.74) is 2.06. The van der Waals surface area contributed by atoms with Crippen molar-refractivity contribution < 1.29 is 17.6 Å². The minimum Gasteiger partial charge on any atom is -0.302 e. The van der Waals surface area contributed by atoms with Crippen molar-refractivity contribution in [1.82, 2.24) is 9.29 Å². The van der Waals surface area contributed by atoms with Gasteiger partial charge >= 0.3 is 0 Å². The number of anilines is 1. The predicted molar refractivity (Wildman–Crippen MR) is 116 cm³/mol. The van der Waals surface area contributed by atoms with Crippen molar-refractivity contribution in [2.45, 2.75) is 31.1 Å². The first-order chi connectivity index (χ1) is 14.4. The number of thiazole rings is 1. The average molecular weight is 448 g/mol. The third-order valence-electron chi connectivity index (χ3n) is 5.39. The molecule has 0 bridgehead atoms. The molecule has 4 rings (SSSR count). The van der Waals surface area contributed by atoms with Gasteiger partial charge < -0.3 is 5.32 Å². The van der Waals surface area contributed by atoms with Crippen molar-refractivity contribution in [1.29, 1.82) is 0 Å². The molecule has 1 N–H and O–H groups in total. The van der Waals surface area contributed by atoms with Crippen LogP contribution in [0, 0.1) is 11.7 Å². The zero-order chi connectivity index (χ0) is 21.3. The standard InChI is InChI=1S/C21H22FN3O3S2/c1-2-14-4-3-5-18-19(14)23-21(29-18)24-20(26)15-10-12-25(13-11-15)30(27,28)17-8-6-16(22)7-9-17/h3-9,15H,2,10-13H2,1H3,(H,23,24,26). The second-order valence-electron chi connectivity index (χ2n) is 7.26. The summed E-state index contributed by atoms with van der Waals surface area (Å²) in [6.45, 7) is 2.56. The lowest BCUT2D eigenvalue weighted by Crippen LogP contribution is -2.41. The van der Waals surface area contributed by atoms with Crippen molar-refractivity contribution >= 4 is 42.6 Å². The van der Waals surface area contributed by atoms with E-state index in [4.69, 9.17) is 0 Å². The molecular weight excluding hydrogens is 425 g/mol. The Morgan fingerprint density at radius 1 is 1.20 bits per heavy atom. The molecule has 0 spiro atoms. The number of carbonyl (C=O) groups excluding carboxylic acids is 1. The Morgan fingerprint density at radius 3 is 2.57 bits per heavy atom. The van der Waals surface area contributed by atoms with E-state index in [9.17, 15) is 17.6 Å². The normalized spacial score (nSPS) is 16.1. The number of para-hydroxylation sites is 1. The number of sulfonamides is 1. The van der Waals surface area contributed by atoms with Gasteiger partial charge in [0.05, 0.1) is 15.1 Å². The number of amides is 1. The van der Waals surface area contributed by atoms with Crippen LogP contribution in [0.15, 0.2) is 47.4 Å². The van der Waals surface area contributed by atoms with Gasteiger partial charge in [0.2, 0.25) is 15.9 Å². The zero-order valence-electron chi connectivity index (χ0n) is 16.5. The number of hydrogen-bond donors (Lipinski definition) is 1. The van der Waals surface area contributed by atoms with Gasteiger partial charge in [-0.05, 0) is 55.2 Å². The number of carbonyl (C=O) groups is 1. The van der Waals surface area contributed by atoms with Gasteiger partial charge in [-0.3, -0.25) is 4.79 Å². The van der Waals surface area contributed by atoms with Gasteiger partial charge in [0.15, 0.2) is 5.13 Å². The van der Waals surface area contributed by atoms with Crippen LogP contribution in [0.2, 0.25) is 0 Å². The summed E-state index contributed by atoms with van der Waals surface area (Å²) in [6.07, 6.45) is 1.73. The first kappa shape index (κ1) is 20.9. The van der Waals surface area contributed by atoms with E-state index in [0.717, 1.165) is 34.3 Å². The Bertz CT molecular complexity index is 1170. The molecule has 1 aliphatic heterocycles. The van der Waals surface area contributed by atoms with Crippen LogP contribution in [0.1, 0.15) is 25.3 Å². The van der Waals surface area contributed by atoms with Crippen LogP contribution in [0.3, 0.4) is 0 Å². The number of rotatable bonds is 5. The molecule has 0 atom stereocenters. The second-order valence-corrected chi connectivity index (χ2v) is 10.2. The molecule has 2 aromatic carbocycles. The van der Waals surface area contributed by atoms with Gasteiger partial charge in [0.25, 0.3) is 0 Å². The van der Waals surface area contributed by atoms with Crippen molar-refractivity contribution in [3.05, 3.63) is 53.8 Å². The molecule has 1 aliphatic rings. The van der Waals surface area contributed by atoms with Gasteiger partial charge in [-0.1, -0.05) is 30.4 Å². The Labute approximate surface area is 178 Å². The fourth-order valence-corrected chi connectivity index (χ4v) is 6.05. The summed E-state index contributed by atoms with van der Waals surface area (Å²) in [6, 6.07) is 10.8. The Hall–Kier alpha value is -2.36. The second kappa shape index (κ2) is 8.41. The molecule has 9 heteroatoms. The molecule has 0 unspecified atom stereocenters. The van der Waals surface area contributed by atoms with E-state index >= 15 is 0 Å². The number of piperidine rings is 1. The number of aromatic nitrogens is 1. The molecule has 1 amide bonds. The van der Waals surface area contributed by atoms with E-state index in [2.05, 4.69) is 17.2 Å². The maximum absolute atomic E-state index is 13.1. The molecule has 1 fully saturated rings. The third kappa shape index (κ3) is 4.10. The number of fused-ring (bicyclic) bond motifs is 1. The molecule has 0 saturated carbocycles. The summed E-state index contributed by atoms with van der Waals surface area (Å²) < 4.78 is 40.9. The van der Waals surface area contributed by atoms with Crippen molar-refractivity contribution in [2.24, 2.45) is 5.92 Å². The van der Waals surface area contributed by atoms with Crippen LogP contribution in [0.5, 0.6) is 0 Å². The number of nitrogens with one attached hydrogen (secondary N) is 1. The molecule has 6 nitrogen and oxygen atoms in total. The van der Waals surface area contributed by atoms with Gasteiger partial charge in [0, 0.05) is 19.0 Å². The fourth-order valence-electron chi connectivity index (χ4n) is 3.67. The van der Waals surface area contributed by atoms with Gasteiger partial charge in [0.1, 0.15) is 5.82 Å². The maximum Gasteiger partial charge on any atom is 0.243 e. The van der Waals surface area contributed by atoms with E-state index in [1.54, 1.807) is 0 Å². The summed E-state index contributed by atoms with van der Waals surface area (Å²) in [5.74, 6) is -0.890. The Kier molecular flexibility index (Phi) is 5.86. The number of hydrogen-bond acceptors (Lipinski definition) is 5. The van der Waals surface area contributed by atoms with E-state index in [-0.39, 0.29) is 29.8 Å². The minimum atomic E-state index is -3.69. The highest BCUT2D eigenvalue weighted by Crippen LogP contribution is 2.30. The highest BCUT2D eigenvalue weighted by atomic mass is 32.2. The topological polar surface area (TPSA) is 79.4 Å². The van der Waals surface area contributed by atoms with Crippen molar-refractivity contribution in [3.63, 3.8) is 0 Å². The largest absolute Gasteiger partial charge is 0.302 e. The van der Waals surface area contributed by atoms with Crippen LogP contribution in [0.4, 0.5) is 9.52 Å². The van der Waals surface area contributed by atoms with Crippen LogP contribution in [-0.4, -0.2) is 36.7 Å². The molecular formula is C21H22FN3O3S2. The van der Waals surface area contributed by atoms with Gasteiger partial charge in [-0.15, -0.1) is 0 Å². The highest BCUT2D eigenvalue weighted by molar-refractivity contribution is 7.89. The fraction of sp³-hybridized carbons (Fsp3) is 0.333. The lowest BCUT2D eigenvalue weighted by molar-refractivity contribution is -0.120. The first-order valence-electron chi connectivity index (χ1n) is 9.83. The predicted octanol–water partition coefficient (Wildman–Crippen LogP) is 4.04. The summed E-state index contributed by atoms with van der Waals surface area (Å²) >= 11 is 1.44. The molecule has 1 saturated heterocycles. The molecule has 158 valence electrons.